The monoisotopic (exact) mass is 400 g/mol. The minimum Gasteiger partial charge on any atom is -0.545 e. The van der Waals surface area contributed by atoms with Gasteiger partial charge in [0.1, 0.15) is 11.5 Å². The number of carbonyl (C=O) groups is 4. The van der Waals surface area contributed by atoms with Gasteiger partial charge in [-0.05, 0) is 24.3 Å². The minimum absolute atomic E-state index is 0. The second-order valence-electron chi connectivity index (χ2n) is 4.75. The van der Waals surface area contributed by atoms with Crippen molar-refractivity contribution in [3.63, 3.8) is 0 Å². The van der Waals surface area contributed by atoms with Gasteiger partial charge in [0.25, 0.3) is 0 Å². The molecule has 0 heterocycles. The Hall–Kier alpha value is -2.95. The molecule has 0 aromatic heterocycles. The molecule has 2 aromatic carbocycles. The molecular weight excluding hydrogens is 384 g/mol. The number of carboxylic acids is 2. The molecule has 2 rings (SSSR count). The minimum atomic E-state index is -1.36. The van der Waals surface area contributed by atoms with Gasteiger partial charge >= 0.3 is 35.0 Å². The van der Waals surface area contributed by atoms with Gasteiger partial charge in [0.15, 0.2) is 0 Å². The summed E-state index contributed by atoms with van der Waals surface area (Å²) in [5.41, 5.74) is -0.254. The number of aromatic carboxylic acids is 2. The molecule has 0 atom stereocenters. The predicted octanol–water partition coefficient (Wildman–Crippen LogP) is -1.25. The summed E-state index contributed by atoms with van der Waals surface area (Å²) in [6.07, 6.45) is 0. The van der Waals surface area contributed by atoms with Crippen LogP contribution in [0.5, 0.6) is 11.5 Å². The van der Waals surface area contributed by atoms with Crippen LogP contribution in [-0.4, -0.2) is 52.4 Å². The van der Waals surface area contributed by atoms with Crippen LogP contribution in [0, 0.1) is 0 Å². The molecule has 0 amide bonds. The summed E-state index contributed by atoms with van der Waals surface area (Å²) in [5, 5.41) is 21.0. The summed E-state index contributed by atoms with van der Waals surface area (Å²) in [7, 11) is 0. The maximum Gasteiger partial charge on any atom is 2.00 e. The van der Waals surface area contributed by atoms with Crippen LogP contribution < -0.4 is 19.7 Å². The molecule has 0 aliphatic carbocycles. The Balaban J connectivity index is 0. The molecule has 144 valence electrons. The van der Waals surface area contributed by atoms with E-state index in [1.54, 1.807) is 12.1 Å². The Labute approximate surface area is 176 Å². The third kappa shape index (κ3) is 9.12. The maximum absolute atomic E-state index is 10.6. The topological polar surface area (TPSA) is 164 Å². The van der Waals surface area contributed by atoms with Gasteiger partial charge in [0.05, 0.1) is 11.9 Å². The quantitative estimate of drug-likeness (QED) is 0.348. The van der Waals surface area contributed by atoms with Gasteiger partial charge in [0, 0.05) is 25.0 Å². The van der Waals surface area contributed by atoms with Crippen LogP contribution in [0.15, 0.2) is 48.5 Å². The molecule has 10 heteroatoms. The SMILES string of the molecule is CC(=O)Oc1ccccc1C(=O)[O-].CC(=O)Oc1ccccc1C(=O)[O-].O.[Mg+2]. The first-order valence-corrected chi connectivity index (χ1v) is 7.20. The van der Waals surface area contributed by atoms with E-state index in [0.29, 0.717) is 0 Å². The fourth-order valence-corrected chi connectivity index (χ4v) is 1.76. The van der Waals surface area contributed by atoms with Crippen molar-refractivity contribution in [2.75, 3.05) is 0 Å². The van der Waals surface area contributed by atoms with E-state index in [1.165, 1.54) is 50.2 Å². The summed E-state index contributed by atoms with van der Waals surface area (Å²) in [6.45, 7) is 2.40. The Kier molecular flexibility index (Phi) is 12.9. The van der Waals surface area contributed by atoms with Crippen LogP contribution in [0.25, 0.3) is 0 Å². The summed E-state index contributed by atoms with van der Waals surface area (Å²) in [4.78, 5) is 42.1. The van der Waals surface area contributed by atoms with Crippen molar-refractivity contribution >= 4 is 46.9 Å². The number of hydrogen-bond acceptors (Lipinski definition) is 8. The average Bonchev–Trinajstić information content (AvgIpc) is 2.55. The summed E-state index contributed by atoms with van der Waals surface area (Å²) in [6, 6.07) is 11.6. The number of benzene rings is 2. The van der Waals surface area contributed by atoms with Gasteiger partial charge in [-0.15, -0.1) is 0 Å². The van der Waals surface area contributed by atoms with Crippen LogP contribution in [-0.2, 0) is 9.59 Å². The molecular formula is C18H16MgO9. The summed E-state index contributed by atoms with van der Waals surface area (Å²) >= 11 is 0. The fraction of sp³-hybridized carbons (Fsp3) is 0.111. The van der Waals surface area contributed by atoms with E-state index in [9.17, 15) is 29.4 Å². The number of rotatable bonds is 4. The van der Waals surface area contributed by atoms with Crippen LogP contribution >= 0.6 is 0 Å². The van der Waals surface area contributed by atoms with Crippen molar-refractivity contribution in [2.24, 2.45) is 0 Å². The Morgan fingerprint density at radius 3 is 1.21 bits per heavy atom. The fourth-order valence-electron chi connectivity index (χ4n) is 1.76. The average molecular weight is 401 g/mol. The van der Waals surface area contributed by atoms with E-state index in [-0.39, 0.29) is 51.2 Å². The molecule has 0 saturated heterocycles. The molecule has 0 radical (unpaired) electrons. The number of carbonyl (C=O) groups excluding carboxylic acids is 4. The van der Waals surface area contributed by atoms with Crippen molar-refractivity contribution in [3.8, 4) is 11.5 Å². The summed E-state index contributed by atoms with van der Waals surface area (Å²) < 4.78 is 9.29. The van der Waals surface area contributed by atoms with Gasteiger partial charge < -0.3 is 34.8 Å². The van der Waals surface area contributed by atoms with Crippen LogP contribution in [0.4, 0.5) is 0 Å². The van der Waals surface area contributed by atoms with Crippen LogP contribution in [0.3, 0.4) is 0 Å². The molecule has 0 aliphatic heterocycles. The number of esters is 2. The first kappa shape index (κ1) is 27.3. The second kappa shape index (κ2) is 13.3. The van der Waals surface area contributed by atoms with Gasteiger partial charge in [-0.25, -0.2) is 0 Å². The Morgan fingerprint density at radius 1 is 0.679 bits per heavy atom. The smallest absolute Gasteiger partial charge is 0.545 e. The van der Waals surface area contributed by atoms with Crippen molar-refractivity contribution < 1.29 is 44.3 Å². The van der Waals surface area contributed by atoms with Crippen molar-refractivity contribution in [2.45, 2.75) is 13.8 Å². The van der Waals surface area contributed by atoms with Crippen molar-refractivity contribution in [1.82, 2.24) is 0 Å². The van der Waals surface area contributed by atoms with E-state index in [2.05, 4.69) is 9.47 Å². The third-order valence-electron chi connectivity index (χ3n) is 2.72. The van der Waals surface area contributed by atoms with E-state index >= 15 is 0 Å². The van der Waals surface area contributed by atoms with E-state index in [0.717, 1.165) is 0 Å². The molecule has 0 fully saturated rings. The van der Waals surface area contributed by atoms with Gasteiger partial charge in [-0.1, -0.05) is 24.3 Å². The second-order valence-corrected chi connectivity index (χ2v) is 4.75. The Bertz CT molecular complexity index is 764. The van der Waals surface area contributed by atoms with Crippen molar-refractivity contribution in [3.05, 3.63) is 59.7 Å². The largest absolute Gasteiger partial charge is 2.00 e. The van der Waals surface area contributed by atoms with E-state index in [1.807, 2.05) is 0 Å². The third-order valence-corrected chi connectivity index (χ3v) is 2.72. The van der Waals surface area contributed by atoms with Gasteiger partial charge in [0.2, 0.25) is 0 Å². The molecule has 0 saturated carbocycles. The zero-order valence-electron chi connectivity index (χ0n) is 15.1. The predicted molar refractivity (Wildman–Crippen MR) is 93.5 cm³/mol. The summed E-state index contributed by atoms with van der Waals surface area (Å²) in [5.74, 6) is -3.83. The zero-order valence-corrected chi connectivity index (χ0v) is 16.5. The molecule has 2 N–H and O–H groups in total. The molecule has 28 heavy (non-hydrogen) atoms. The number of ether oxygens (including phenoxy) is 2. The Morgan fingerprint density at radius 2 is 0.964 bits per heavy atom. The molecule has 0 aliphatic rings. The molecule has 9 nitrogen and oxygen atoms in total. The van der Waals surface area contributed by atoms with Crippen molar-refractivity contribution in [1.29, 1.82) is 0 Å². The standard InChI is InChI=1S/2C9H8O4.Mg.H2O/c2*1-6(10)13-8-5-3-2-4-7(8)9(11)12;;/h2*2-5H,1H3,(H,11,12);;1H2/q;;+2;/p-2. The molecule has 0 unspecified atom stereocenters. The first-order chi connectivity index (χ1) is 12.2. The number of para-hydroxylation sites is 2. The van der Waals surface area contributed by atoms with E-state index < -0.39 is 23.9 Å². The van der Waals surface area contributed by atoms with Gasteiger partial charge in [-0.3, -0.25) is 9.59 Å². The van der Waals surface area contributed by atoms with Gasteiger partial charge in [-0.2, -0.15) is 0 Å². The normalized spacial score (nSPS) is 8.64. The van der Waals surface area contributed by atoms with Crippen LogP contribution in [0.1, 0.15) is 34.6 Å². The van der Waals surface area contributed by atoms with E-state index in [4.69, 9.17) is 0 Å². The van der Waals surface area contributed by atoms with Crippen LogP contribution in [0.2, 0.25) is 0 Å². The number of hydrogen-bond donors (Lipinski definition) is 0. The number of carboxylic acid groups (broad SMARTS) is 2. The first-order valence-electron chi connectivity index (χ1n) is 7.20. The maximum atomic E-state index is 10.6. The molecule has 0 spiro atoms. The molecule has 0 bridgehead atoms. The molecule has 2 aromatic rings. The zero-order chi connectivity index (χ0) is 19.7.